The third-order valence-corrected chi connectivity index (χ3v) is 3.69. The molecule has 1 fully saturated rings. The molecule has 1 saturated carbocycles. The summed E-state index contributed by atoms with van der Waals surface area (Å²) < 4.78 is 6.71. The van der Waals surface area contributed by atoms with Gasteiger partial charge in [0.1, 0.15) is 0 Å². The zero-order valence-electron chi connectivity index (χ0n) is 10.4. The third kappa shape index (κ3) is 4.59. The normalized spacial score (nSPS) is 17.9. The Balaban J connectivity index is 1.66. The Morgan fingerprint density at radius 2 is 2.17 bits per heavy atom. The lowest BCUT2D eigenvalue weighted by Crippen LogP contribution is -2.27. The monoisotopic (exact) mass is 313 g/mol. The van der Waals surface area contributed by atoms with Crippen molar-refractivity contribution in [2.24, 2.45) is 0 Å². The Hall–Kier alpha value is -0.580. The molecule has 1 aliphatic carbocycles. The average molecular weight is 314 g/mol. The second kappa shape index (κ2) is 7.12. The van der Waals surface area contributed by atoms with Gasteiger partial charge in [0.2, 0.25) is 0 Å². The quantitative estimate of drug-likeness (QED) is 0.847. The predicted octanol–water partition coefficient (Wildman–Crippen LogP) is 3.18. The van der Waals surface area contributed by atoms with Crippen molar-refractivity contribution in [1.29, 1.82) is 0 Å². The lowest BCUT2D eigenvalue weighted by Gasteiger charge is -2.16. The van der Waals surface area contributed by atoms with Crippen LogP contribution in [0.2, 0.25) is 0 Å². The summed E-state index contributed by atoms with van der Waals surface area (Å²) in [6, 6.07) is 7.92. The molecule has 2 N–H and O–H groups in total. The van der Waals surface area contributed by atoms with Crippen LogP contribution in [-0.4, -0.2) is 30.5 Å². The van der Waals surface area contributed by atoms with E-state index in [4.69, 9.17) is 4.74 Å². The summed E-state index contributed by atoms with van der Waals surface area (Å²) in [4.78, 5) is 0. The highest BCUT2D eigenvalue weighted by Gasteiger charge is 2.16. The SMILES string of the molecule is OC(CNc1cccc(Br)c1)COC1CCCC1. The summed E-state index contributed by atoms with van der Waals surface area (Å²) in [5.41, 5.74) is 1.00. The number of aliphatic hydroxyl groups excluding tert-OH is 1. The van der Waals surface area contributed by atoms with Crippen molar-refractivity contribution in [1.82, 2.24) is 0 Å². The fourth-order valence-electron chi connectivity index (χ4n) is 2.20. The molecule has 1 aromatic carbocycles. The molecule has 2 rings (SSSR count). The number of halogens is 1. The zero-order valence-corrected chi connectivity index (χ0v) is 12.0. The van der Waals surface area contributed by atoms with E-state index in [2.05, 4.69) is 21.2 Å². The summed E-state index contributed by atoms with van der Waals surface area (Å²) in [7, 11) is 0. The Morgan fingerprint density at radius 3 is 2.89 bits per heavy atom. The van der Waals surface area contributed by atoms with Crippen LogP contribution in [-0.2, 0) is 4.74 Å². The molecule has 0 aliphatic heterocycles. The number of hydrogen-bond acceptors (Lipinski definition) is 3. The van der Waals surface area contributed by atoms with Gasteiger partial charge in [0.25, 0.3) is 0 Å². The van der Waals surface area contributed by atoms with Crippen LogP contribution in [0.15, 0.2) is 28.7 Å². The van der Waals surface area contributed by atoms with Crippen molar-refractivity contribution < 1.29 is 9.84 Å². The zero-order chi connectivity index (χ0) is 12.8. The summed E-state index contributed by atoms with van der Waals surface area (Å²) in [5, 5.41) is 13.0. The molecule has 0 bridgehead atoms. The van der Waals surface area contributed by atoms with Crippen molar-refractivity contribution >= 4 is 21.6 Å². The summed E-state index contributed by atoms with van der Waals surface area (Å²) in [6.45, 7) is 0.939. The van der Waals surface area contributed by atoms with Gasteiger partial charge in [-0.15, -0.1) is 0 Å². The van der Waals surface area contributed by atoms with Crippen molar-refractivity contribution in [2.45, 2.75) is 37.9 Å². The number of benzene rings is 1. The summed E-state index contributed by atoms with van der Waals surface area (Å²) in [6.07, 6.45) is 4.72. The Bertz CT molecular complexity index is 367. The van der Waals surface area contributed by atoms with E-state index < -0.39 is 6.10 Å². The second-order valence-electron chi connectivity index (χ2n) is 4.78. The van der Waals surface area contributed by atoms with Crippen LogP contribution in [0.4, 0.5) is 5.69 Å². The molecule has 18 heavy (non-hydrogen) atoms. The van der Waals surface area contributed by atoms with Gasteiger partial charge in [-0.3, -0.25) is 0 Å². The van der Waals surface area contributed by atoms with E-state index in [1.807, 2.05) is 24.3 Å². The molecule has 0 amide bonds. The molecule has 1 atom stereocenters. The molecule has 1 aromatic rings. The molecule has 1 unspecified atom stereocenters. The fourth-order valence-corrected chi connectivity index (χ4v) is 2.59. The maximum absolute atomic E-state index is 9.84. The smallest absolute Gasteiger partial charge is 0.0945 e. The van der Waals surface area contributed by atoms with E-state index in [1.54, 1.807) is 0 Å². The Kier molecular flexibility index (Phi) is 5.47. The van der Waals surface area contributed by atoms with E-state index in [0.717, 1.165) is 23.0 Å². The van der Waals surface area contributed by atoms with Crippen LogP contribution in [0.5, 0.6) is 0 Å². The first-order valence-electron chi connectivity index (χ1n) is 6.53. The number of rotatable bonds is 6. The predicted molar refractivity (Wildman–Crippen MR) is 76.8 cm³/mol. The highest BCUT2D eigenvalue weighted by atomic mass is 79.9. The first-order valence-corrected chi connectivity index (χ1v) is 7.32. The van der Waals surface area contributed by atoms with Gasteiger partial charge < -0.3 is 15.2 Å². The van der Waals surface area contributed by atoms with Gasteiger partial charge in [-0.05, 0) is 31.0 Å². The molecular weight excluding hydrogens is 294 g/mol. The number of aliphatic hydroxyl groups is 1. The van der Waals surface area contributed by atoms with E-state index in [-0.39, 0.29) is 0 Å². The maximum Gasteiger partial charge on any atom is 0.0945 e. The van der Waals surface area contributed by atoms with Gasteiger partial charge in [0.05, 0.1) is 18.8 Å². The van der Waals surface area contributed by atoms with Gasteiger partial charge in [0, 0.05) is 16.7 Å². The lowest BCUT2D eigenvalue weighted by atomic mass is 10.3. The minimum Gasteiger partial charge on any atom is -0.389 e. The molecule has 0 spiro atoms. The third-order valence-electron chi connectivity index (χ3n) is 3.19. The maximum atomic E-state index is 9.84. The summed E-state index contributed by atoms with van der Waals surface area (Å²) >= 11 is 3.42. The Morgan fingerprint density at radius 1 is 1.39 bits per heavy atom. The number of anilines is 1. The fraction of sp³-hybridized carbons (Fsp3) is 0.571. The van der Waals surface area contributed by atoms with Crippen LogP contribution < -0.4 is 5.32 Å². The van der Waals surface area contributed by atoms with Crippen LogP contribution in [0, 0.1) is 0 Å². The van der Waals surface area contributed by atoms with Crippen molar-refractivity contribution in [3.8, 4) is 0 Å². The van der Waals surface area contributed by atoms with Gasteiger partial charge in [-0.2, -0.15) is 0 Å². The first-order chi connectivity index (χ1) is 8.74. The van der Waals surface area contributed by atoms with Crippen LogP contribution in [0.3, 0.4) is 0 Å². The average Bonchev–Trinajstić information content (AvgIpc) is 2.87. The molecular formula is C14H20BrNO2. The van der Waals surface area contributed by atoms with Gasteiger partial charge in [-0.25, -0.2) is 0 Å². The van der Waals surface area contributed by atoms with Gasteiger partial charge in [-0.1, -0.05) is 34.8 Å². The van der Waals surface area contributed by atoms with Gasteiger partial charge in [0.15, 0.2) is 0 Å². The minimum absolute atomic E-state index is 0.366. The Labute approximate surface area is 117 Å². The molecule has 0 saturated heterocycles. The van der Waals surface area contributed by atoms with Crippen LogP contribution in [0.1, 0.15) is 25.7 Å². The largest absolute Gasteiger partial charge is 0.389 e. The molecule has 0 heterocycles. The minimum atomic E-state index is -0.454. The van der Waals surface area contributed by atoms with E-state index in [0.29, 0.717) is 19.3 Å². The molecule has 100 valence electrons. The second-order valence-corrected chi connectivity index (χ2v) is 5.70. The number of nitrogens with one attached hydrogen (secondary N) is 1. The summed E-state index contributed by atoms with van der Waals surface area (Å²) in [5.74, 6) is 0. The molecule has 1 aliphatic rings. The topological polar surface area (TPSA) is 41.5 Å². The van der Waals surface area contributed by atoms with E-state index in [1.165, 1.54) is 12.8 Å². The highest BCUT2D eigenvalue weighted by molar-refractivity contribution is 9.10. The van der Waals surface area contributed by atoms with Crippen LogP contribution in [0.25, 0.3) is 0 Å². The standard InChI is InChI=1S/C14H20BrNO2/c15-11-4-3-5-12(8-11)16-9-13(17)10-18-14-6-1-2-7-14/h3-5,8,13-14,16-17H,1-2,6-7,9-10H2. The lowest BCUT2D eigenvalue weighted by molar-refractivity contribution is -0.00117. The van der Waals surface area contributed by atoms with Crippen molar-refractivity contribution in [3.63, 3.8) is 0 Å². The van der Waals surface area contributed by atoms with Crippen molar-refractivity contribution in [3.05, 3.63) is 28.7 Å². The van der Waals surface area contributed by atoms with E-state index in [9.17, 15) is 5.11 Å². The molecule has 0 radical (unpaired) electrons. The number of hydrogen-bond donors (Lipinski definition) is 2. The molecule has 3 nitrogen and oxygen atoms in total. The molecule has 4 heteroatoms. The first kappa shape index (κ1) is 13.8. The number of ether oxygens (including phenoxy) is 1. The van der Waals surface area contributed by atoms with Crippen molar-refractivity contribution in [2.75, 3.05) is 18.5 Å². The highest BCUT2D eigenvalue weighted by Crippen LogP contribution is 2.21. The van der Waals surface area contributed by atoms with Crippen LogP contribution >= 0.6 is 15.9 Å². The van der Waals surface area contributed by atoms with Gasteiger partial charge >= 0.3 is 0 Å². The van der Waals surface area contributed by atoms with E-state index >= 15 is 0 Å². The molecule has 0 aromatic heterocycles.